The molecule has 1 aliphatic rings. The van der Waals surface area contributed by atoms with Gasteiger partial charge in [0.25, 0.3) is 0 Å². The summed E-state index contributed by atoms with van der Waals surface area (Å²) in [6, 6.07) is 0. The minimum atomic E-state index is -0.756. The van der Waals surface area contributed by atoms with Crippen LogP contribution in [0.15, 0.2) is 5.57 Å². The predicted octanol–water partition coefficient (Wildman–Crippen LogP) is -0.0117. The first-order valence-electron chi connectivity index (χ1n) is 3.49. The number of carboxylic acids is 1. The highest BCUT2D eigenvalue weighted by molar-refractivity contribution is 5.67. The minimum Gasteiger partial charge on any atom is -0.481 e. The summed E-state index contributed by atoms with van der Waals surface area (Å²) in [5.41, 5.74) is 4.01. The molecule has 0 aromatic heterocycles. The third kappa shape index (κ3) is 2.59. The number of hydrogen-bond acceptors (Lipinski definition) is 3. The van der Waals surface area contributed by atoms with Gasteiger partial charge in [-0.2, -0.15) is 0 Å². The Labute approximate surface area is 65.5 Å². The van der Waals surface area contributed by atoms with Crippen molar-refractivity contribution in [2.24, 2.45) is 0 Å². The molecule has 0 aromatic rings. The van der Waals surface area contributed by atoms with Gasteiger partial charge >= 0.3 is 5.97 Å². The average molecular weight is 155 g/mol. The fourth-order valence-corrected chi connectivity index (χ4v) is 0.932. The highest BCUT2D eigenvalue weighted by Crippen LogP contribution is 2.07. The van der Waals surface area contributed by atoms with Crippen molar-refractivity contribution < 1.29 is 9.90 Å². The molecule has 0 spiro atoms. The van der Waals surface area contributed by atoms with Gasteiger partial charge in [-0.1, -0.05) is 0 Å². The smallest absolute Gasteiger partial charge is 0.303 e. The molecular formula is C7H11N2O2. The number of carbonyl (C=O) groups is 1. The molecule has 0 aromatic carbocycles. The molecule has 61 valence electrons. The monoisotopic (exact) mass is 155 g/mol. The number of hydrogen-bond donors (Lipinski definition) is 2. The van der Waals surface area contributed by atoms with E-state index in [0.29, 0.717) is 6.42 Å². The van der Waals surface area contributed by atoms with Crippen LogP contribution in [0.4, 0.5) is 0 Å². The number of hydrazine groups is 1. The molecule has 4 nitrogen and oxygen atoms in total. The van der Waals surface area contributed by atoms with E-state index in [9.17, 15) is 4.79 Å². The van der Waals surface area contributed by atoms with Crippen LogP contribution in [-0.4, -0.2) is 29.7 Å². The van der Waals surface area contributed by atoms with E-state index in [1.54, 1.807) is 5.01 Å². The summed E-state index contributed by atoms with van der Waals surface area (Å²) in [6.45, 7) is 0.726. The Bertz CT molecular complexity index is 189. The van der Waals surface area contributed by atoms with E-state index in [-0.39, 0.29) is 6.42 Å². The molecular weight excluding hydrogens is 144 g/mol. The summed E-state index contributed by atoms with van der Waals surface area (Å²) in [7, 11) is 1.84. The normalized spacial score (nSPS) is 16.8. The zero-order chi connectivity index (χ0) is 8.27. The average Bonchev–Trinajstić information content (AvgIpc) is 2.31. The lowest BCUT2D eigenvalue weighted by molar-refractivity contribution is -0.136. The lowest BCUT2D eigenvalue weighted by Crippen LogP contribution is -2.24. The standard InChI is InChI=1S/C7H11N2O2/c1-9-5-6(4-8-9)2-3-7(10)11/h8H,2-4H2,1H3,(H,10,11). The van der Waals surface area contributed by atoms with Crippen molar-refractivity contribution in [1.82, 2.24) is 10.4 Å². The van der Waals surface area contributed by atoms with E-state index in [1.807, 2.05) is 7.05 Å². The Morgan fingerprint density at radius 3 is 3.09 bits per heavy atom. The molecule has 0 bridgehead atoms. The van der Waals surface area contributed by atoms with Crippen molar-refractivity contribution in [3.05, 3.63) is 11.8 Å². The summed E-state index contributed by atoms with van der Waals surface area (Å²) in [5, 5.41) is 10.1. The molecule has 1 heterocycles. The number of nitrogens with one attached hydrogen (secondary N) is 1. The predicted molar refractivity (Wildman–Crippen MR) is 39.4 cm³/mol. The number of aliphatic carboxylic acids is 1. The molecule has 0 aliphatic carbocycles. The molecule has 0 amide bonds. The van der Waals surface area contributed by atoms with Crippen LogP contribution in [-0.2, 0) is 4.79 Å². The van der Waals surface area contributed by atoms with Gasteiger partial charge in [-0.3, -0.25) is 4.79 Å². The highest BCUT2D eigenvalue weighted by Gasteiger charge is 2.09. The van der Waals surface area contributed by atoms with Crippen LogP contribution in [0.1, 0.15) is 12.8 Å². The van der Waals surface area contributed by atoms with Crippen LogP contribution in [0.3, 0.4) is 0 Å². The van der Waals surface area contributed by atoms with Crippen LogP contribution in [0.2, 0.25) is 0 Å². The third-order valence-corrected chi connectivity index (χ3v) is 1.50. The molecule has 2 N–H and O–H groups in total. The Morgan fingerprint density at radius 2 is 2.64 bits per heavy atom. The maximum atomic E-state index is 10.2. The lowest BCUT2D eigenvalue weighted by atomic mass is 10.2. The first-order chi connectivity index (χ1) is 5.18. The van der Waals surface area contributed by atoms with E-state index in [0.717, 1.165) is 12.1 Å². The molecule has 0 fully saturated rings. The van der Waals surface area contributed by atoms with Crippen molar-refractivity contribution in [2.75, 3.05) is 13.6 Å². The zero-order valence-electron chi connectivity index (χ0n) is 6.42. The van der Waals surface area contributed by atoms with E-state index in [4.69, 9.17) is 5.11 Å². The van der Waals surface area contributed by atoms with E-state index >= 15 is 0 Å². The van der Waals surface area contributed by atoms with Crippen LogP contribution >= 0.6 is 0 Å². The SMILES string of the molecule is CN1[C]=C(CCC(=O)O)CN1. The quantitative estimate of drug-likeness (QED) is 0.601. The molecule has 1 radical (unpaired) electrons. The topological polar surface area (TPSA) is 52.6 Å². The van der Waals surface area contributed by atoms with Crippen molar-refractivity contribution >= 4 is 5.97 Å². The highest BCUT2D eigenvalue weighted by atomic mass is 16.4. The second-order valence-corrected chi connectivity index (χ2v) is 2.50. The van der Waals surface area contributed by atoms with E-state index in [2.05, 4.69) is 11.6 Å². The molecule has 1 aliphatic heterocycles. The second kappa shape index (κ2) is 3.39. The van der Waals surface area contributed by atoms with Crippen molar-refractivity contribution in [3.63, 3.8) is 0 Å². The minimum absolute atomic E-state index is 0.192. The van der Waals surface area contributed by atoms with Crippen LogP contribution in [0.5, 0.6) is 0 Å². The lowest BCUT2D eigenvalue weighted by Gasteiger charge is -2.03. The number of carboxylic acid groups (broad SMARTS) is 1. The Balaban J connectivity index is 2.27. The molecule has 11 heavy (non-hydrogen) atoms. The van der Waals surface area contributed by atoms with Gasteiger partial charge in [0, 0.05) is 20.0 Å². The van der Waals surface area contributed by atoms with Crippen molar-refractivity contribution in [2.45, 2.75) is 12.8 Å². The third-order valence-electron chi connectivity index (χ3n) is 1.50. The van der Waals surface area contributed by atoms with Gasteiger partial charge in [0.15, 0.2) is 0 Å². The van der Waals surface area contributed by atoms with Crippen LogP contribution in [0, 0.1) is 6.20 Å². The second-order valence-electron chi connectivity index (χ2n) is 2.50. The summed E-state index contributed by atoms with van der Waals surface area (Å²) in [5.74, 6) is -0.756. The van der Waals surface area contributed by atoms with E-state index in [1.165, 1.54) is 0 Å². The fourth-order valence-electron chi connectivity index (χ4n) is 0.932. The zero-order valence-corrected chi connectivity index (χ0v) is 6.42. The van der Waals surface area contributed by atoms with Gasteiger partial charge in [-0.15, -0.1) is 0 Å². The summed E-state index contributed by atoms with van der Waals surface area (Å²) in [4.78, 5) is 10.2. The summed E-state index contributed by atoms with van der Waals surface area (Å²) < 4.78 is 0. The number of rotatable bonds is 3. The largest absolute Gasteiger partial charge is 0.481 e. The van der Waals surface area contributed by atoms with Crippen molar-refractivity contribution in [1.29, 1.82) is 0 Å². The summed E-state index contributed by atoms with van der Waals surface area (Å²) in [6.07, 6.45) is 3.77. The number of nitrogens with zero attached hydrogens (tertiary/aromatic N) is 1. The molecule has 1 rings (SSSR count). The fraction of sp³-hybridized carbons (Fsp3) is 0.571. The first-order valence-corrected chi connectivity index (χ1v) is 3.49. The van der Waals surface area contributed by atoms with Gasteiger partial charge in [0.05, 0.1) is 6.20 Å². The summed E-state index contributed by atoms with van der Waals surface area (Å²) >= 11 is 0. The molecule has 4 heteroatoms. The van der Waals surface area contributed by atoms with Gasteiger partial charge in [-0.05, 0) is 12.0 Å². The Kier molecular flexibility index (Phi) is 2.48. The maximum Gasteiger partial charge on any atom is 0.303 e. The molecule has 0 atom stereocenters. The van der Waals surface area contributed by atoms with Gasteiger partial charge in [0.1, 0.15) is 0 Å². The Morgan fingerprint density at radius 1 is 1.91 bits per heavy atom. The van der Waals surface area contributed by atoms with Gasteiger partial charge in [0.2, 0.25) is 0 Å². The molecule has 0 saturated heterocycles. The molecule has 0 unspecified atom stereocenters. The maximum absolute atomic E-state index is 10.2. The van der Waals surface area contributed by atoms with Crippen LogP contribution < -0.4 is 5.43 Å². The van der Waals surface area contributed by atoms with Gasteiger partial charge < -0.3 is 10.1 Å². The van der Waals surface area contributed by atoms with E-state index < -0.39 is 5.97 Å². The van der Waals surface area contributed by atoms with Gasteiger partial charge in [-0.25, -0.2) is 5.43 Å². The molecule has 0 saturated carbocycles. The van der Waals surface area contributed by atoms with Crippen LogP contribution in [0.25, 0.3) is 0 Å². The van der Waals surface area contributed by atoms with Crippen molar-refractivity contribution in [3.8, 4) is 0 Å². The Hall–Kier alpha value is -1.03. The first kappa shape index (κ1) is 8.07.